The van der Waals surface area contributed by atoms with Crippen LogP contribution in [0.3, 0.4) is 0 Å². The molecule has 0 saturated carbocycles. The number of pyridine rings is 1. The Kier molecular flexibility index (Phi) is 4.02. The van der Waals surface area contributed by atoms with Crippen LogP contribution in [0.4, 0.5) is 0 Å². The second kappa shape index (κ2) is 5.53. The molecular weight excluding hydrogens is 192 g/mol. The predicted octanol–water partition coefficient (Wildman–Crippen LogP) is 1.74. The Morgan fingerprint density at radius 1 is 1.67 bits per heavy atom. The minimum absolute atomic E-state index is 0.102. The van der Waals surface area contributed by atoms with Gasteiger partial charge in [-0.25, -0.2) is 0 Å². The molecule has 0 aliphatic carbocycles. The summed E-state index contributed by atoms with van der Waals surface area (Å²) in [5.74, 6) is 5.71. The van der Waals surface area contributed by atoms with Crippen molar-refractivity contribution in [2.24, 2.45) is 5.11 Å². The molecule has 15 heavy (non-hydrogen) atoms. The van der Waals surface area contributed by atoms with Gasteiger partial charge in [0, 0.05) is 35.2 Å². The van der Waals surface area contributed by atoms with Gasteiger partial charge in [-0.2, -0.15) is 0 Å². The quantitative estimate of drug-likeness (QED) is 0.256. The van der Waals surface area contributed by atoms with Crippen molar-refractivity contribution < 1.29 is 0 Å². The van der Waals surface area contributed by atoms with E-state index in [1.807, 2.05) is 0 Å². The average Bonchev–Trinajstić information content (AvgIpc) is 2.23. The van der Waals surface area contributed by atoms with E-state index in [4.69, 9.17) is 5.53 Å². The number of rotatable bonds is 2. The standard InChI is InChI=1S/C10H10N4O/c1-8-6-9(7-12-10(8)15)4-2-3-5-13-14-11/h6-7H,3,5H2,1H3,(H,12,15). The Hall–Kier alpha value is -2.18. The van der Waals surface area contributed by atoms with E-state index in [1.54, 1.807) is 19.2 Å². The molecule has 0 unspecified atom stereocenters. The Balaban J connectivity index is 2.68. The minimum atomic E-state index is -0.102. The van der Waals surface area contributed by atoms with Crippen molar-refractivity contribution in [3.63, 3.8) is 0 Å². The summed E-state index contributed by atoms with van der Waals surface area (Å²) in [4.78, 5) is 16.2. The van der Waals surface area contributed by atoms with Crippen molar-refractivity contribution in [2.75, 3.05) is 6.54 Å². The molecule has 0 spiro atoms. The lowest BCUT2D eigenvalue weighted by Crippen LogP contribution is -2.08. The number of nitrogens with zero attached hydrogens (tertiary/aromatic N) is 3. The third-order valence-electron chi connectivity index (χ3n) is 1.72. The zero-order valence-corrected chi connectivity index (χ0v) is 8.32. The highest BCUT2D eigenvalue weighted by molar-refractivity contribution is 5.33. The zero-order valence-electron chi connectivity index (χ0n) is 8.32. The van der Waals surface area contributed by atoms with Gasteiger partial charge in [0.25, 0.3) is 5.56 Å². The van der Waals surface area contributed by atoms with Gasteiger partial charge in [0.15, 0.2) is 0 Å². The molecule has 1 rings (SSSR count). The molecule has 1 aromatic rings. The van der Waals surface area contributed by atoms with Gasteiger partial charge < -0.3 is 4.98 Å². The molecule has 0 fully saturated rings. The van der Waals surface area contributed by atoms with Crippen molar-refractivity contribution in [1.29, 1.82) is 0 Å². The highest BCUT2D eigenvalue weighted by Crippen LogP contribution is 1.94. The van der Waals surface area contributed by atoms with Gasteiger partial charge in [-0.3, -0.25) is 4.79 Å². The van der Waals surface area contributed by atoms with E-state index in [1.165, 1.54) is 0 Å². The second-order valence-electron chi connectivity index (χ2n) is 2.91. The molecule has 0 atom stereocenters. The van der Waals surface area contributed by atoms with Crippen molar-refractivity contribution in [1.82, 2.24) is 4.98 Å². The number of H-pyrrole nitrogens is 1. The highest BCUT2D eigenvalue weighted by atomic mass is 16.1. The Bertz CT molecular complexity index is 500. The first-order valence-electron chi connectivity index (χ1n) is 4.43. The van der Waals surface area contributed by atoms with Crippen LogP contribution in [-0.2, 0) is 0 Å². The topological polar surface area (TPSA) is 81.6 Å². The number of aromatic nitrogens is 1. The van der Waals surface area contributed by atoms with Crippen molar-refractivity contribution in [2.45, 2.75) is 13.3 Å². The molecule has 5 heteroatoms. The van der Waals surface area contributed by atoms with E-state index in [0.717, 1.165) is 5.56 Å². The van der Waals surface area contributed by atoms with Crippen LogP contribution >= 0.6 is 0 Å². The maximum Gasteiger partial charge on any atom is 0.250 e. The van der Waals surface area contributed by atoms with Crippen LogP contribution in [-0.4, -0.2) is 11.5 Å². The maximum absolute atomic E-state index is 11.0. The summed E-state index contributed by atoms with van der Waals surface area (Å²) in [6.07, 6.45) is 2.08. The summed E-state index contributed by atoms with van der Waals surface area (Å²) in [7, 11) is 0. The van der Waals surface area contributed by atoms with E-state index in [9.17, 15) is 4.79 Å². The Morgan fingerprint density at radius 2 is 2.47 bits per heavy atom. The van der Waals surface area contributed by atoms with Gasteiger partial charge in [0.05, 0.1) is 0 Å². The average molecular weight is 202 g/mol. The first-order valence-corrected chi connectivity index (χ1v) is 4.43. The van der Waals surface area contributed by atoms with Gasteiger partial charge in [-0.15, -0.1) is 0 Å². The lowest BCUT2D eigenvalue weighted by Gasteiger charge is -1.91. The molecule has 0 radical (unpaired) electrons. The van der Waals surface area contributed by atoms with E-state index in [2.05, 4.69) is 26.9 Å². The van der Waals surface area contributed by atoms with Crippen LogP contribution in [0.1, 0.15) is 17.5 Å². The van der Waals surface area contributed by atoms with Gasteiger partial charge >= 0.3 is 0 Å². The van der Waals surface area contributed by atoms with E-state index >= 15 is 0 Å². The predicted molar refractivity (Wildman–Crippen MR) is 57.3 cm³/mol. The summed E-state index contributed by atoms with van der Waals surface area (Å²) in [5.41, 5.74) is 9.31. The van der Waals surface area contributed by atoms with E-state index in [-0.39, 0.29) is 5.56 Å². The van der Waals surface area contributed by atoms with Crippen LogP contribution in [0.25, 0.3) is 10.4 Å². The van der Waals surface area contributed by atoms with E-state index in [0.29, 0.717) is 18.5 Å². The number of azide groups is 1. The van der Waals surface area contributed by atoms with Gasteiger partial charge in [0.2, 0.25) is 0 Å². The van der Waals surface area contributed by atoms with Gasteiger partial charge in [-0.1, -0.05) is 17.0 Å². The van der Waals surface area contributed by atoms with Crippen molar-refractivity contribution >= 4 is 0 Å². The normalized spacial score (nSPS) is 8.60. The molecule has 0 aromatic carbocycles. The molecule has 5 nitrogen and oxygen atoms in total. The third kappa shape index (κ3) is 3.59. The molecule has 1 heterocycles. The van der Waals surface area contributed by atoms with Crippen molar-refractivity contribution in [3.8, 4) is 11.8 Å². The third-order valence-corrected chi connectivity index (χ3v) is 1.72. The van der Waals surface area contributed by atoms with Crippen LogP contribution in [0, 0.1) is 18.8 Å². The van der Waals surface area contributed by atoms with E-state index < -0.39 is 0 Å². The summed E-state index contributed by atoms with van der Waals surface area (Å²) in [5, 5.41) is 3.35. The zero-order chi connectivity index (χ0) is 11.1. The first-order chi connectivity index (χ1) is 7.24. The van der Waals surface area contributed by atoms with Gasteiger partial charge in [-0.05, 0) is 18.5 Å². The number of hydrogen-bond acceptors (Lipinski definition) is 2. The van der Waals surface area contributed by atoms with Gasteiger partial charge in [0.1, 0.15) is 0 Å². The molecular formula is C10H10N4O. The molecule has 0 aliphatic rings. The van der Waals surface area contributed by atoms with Crippen molar-refractivity contribution in [3.05, 3.63) is 44.2 Å². The largest absolute Gasteiger partial charge is 0.328 e. The molecule has 76 valence electrons. The summed E-state index contributed by atoms with van der Waals surface area (Å²) >= 11 is 0. The fraction of sp³-hybridized carbons (Fsp3) is 0.300. The van der Waals surface area contributed by atoms with Crippen LogP contribution in [0.2, 0.25) is 0 Å². The van der Waals surface area contributed by atoms with Crippen LogP contribution in [0.15, 0.2) is 22.2 Å². The summed E-state index contributed by atoms with van der Waals surface area (Å²) < 4.78 is 0. The Morgan fingerprint density at radius 3 is 3.13 bits per heavy atom. The summed E-state index contributed by atoms with van der Waals surface area (Å²) in [6, 6.07) is 1.72. The number of aromatic amines is 1. The number of aryl methyl sites for hydroxylation is 1. The molecule has 1 N–H and O–H groups in total. The molecule has 0 aliphatic heterocycles. The minimum Gasteiger partial charge on any atom is -0.328 e. The monoisotopic (exact) mass is 202 g/mol. The maximum atomic E-state index is 11.0. The number of nitrogens with one attached hydrogen (secondary N) is 1. The molecule has 0 amide bonds. The summed E-state index contributed by atoms with van der Waals surface area (Å²) in [6.45, 7) is 2.09. The lowest BCUT2D eigenvalue weighted by atomic mass is 10.2. The Labute approximate surface area is 86.8 Å². The highest BCUT2D eigenvalue weighted by Gasteiger charge is 1.92. The molecule has 0 bridgehead atoms. The SMILES string of the molecule is Cc1cc(C#CCCN=[N+]=[N-])c[nH]c1=O. The fourth-order valence-electron chi connectivity index (χ4n) is 0.985. The van der Waals surface area contributed by atoms with Crippen LogP contribution < -0.4 is 5.56 Å². The van der Waals surface area contributed by atoms with Crippen LogP contribution in [0.5, 0.6) is 0 Å². The fourth-order valence-corrected chi connectivity index (χ4v) is 0.985. The second-order valence-corrected chi connectivity index (χ2v) is 2.91. The lowest BCUT2D eigenvalue weighted by molar-refractivity contribution is 1.01. The molecule has 0 saturated heterocycles. The number of hydrogen-bond donors (Lipinski definition) is 1. The first kappa shape index (κ1) is 10.9. The molecule has 1 aromatic heterocycles. The smallest absolute Gasteiger partial charge is 0.250 e.